The molecule has 2 bridgehead atoms. The second-order valence-corrected chi connectivity index (χ2v) is 13.1. The monoisotopic (exact) mass is 589 g/mol. The maximum Gasteiger partial charge on any atom is 0.326 e. The SMILES string of the molecule is Cc1ccc(S(=O)(=O)N2C3CCC(CC3)C2C(=O)NC(Cc2ccc(NC(=O)c3ccccc3C)cc2)C(=O)O)cc1. The van der Waals surface area contributed by atoms with Crippen LogP contribution in [0.3, 0.4) is 0 Å². The van der Waals surface area contributed by atoms with E-state index in [4.69, 9.17) is 0 Å². The van der Waals surface area contributed by atoms with Crippen LogP contribution in [0.4, 0.5) is 5.69 Å². The van der Waals surface area contributed by atoms with E-state index in [1.165, 1.54) is 4.31 Å². The molecule has 10 heteroatoms. The van der Waals surface area contributed by atoms with Gasteiger partial charge in [0.1, 0.15) is 12.1 Å². The number of hydrogen-bond acceptors (Lipinski definition) is 5. The van der Waals surface area contributed by atoms with Crippen LogP contribution in [0.15, 0.2) is 77.7 Å². The number of aliphatic carboxylic acids is 1. The van der Waals surface area contributed by atoms with E-state index in [2.05, 4.69) is 10.6 Å². The molecule has 2 saturated heterocycles. The van der Waals surface area contributed by atoms with Gasteiger partial charge in [0.2, 0.25) is 15.9 Å². The summed E-state index contributed by atoms with van der Waals surface area (Å²) in [7, 11) is -3.97. The number of benzene rings is 3. The first-order valence-corrected chi connectivity index (χ1v) is 15.6. The minimum absolute atomic E-state index is 0.00137. The van der Waals surface area contributed by atoms with E-state index in [1.54, 1.807) is 60.7 Å². The van der Waals surface area contributed by atoms with Crippen LogP contribution >= 0.6 is 0 Å². The maximum absolute atomic E-state index is 13.7. The Morgan fingerprint density at radius 3 is 2.17 bits per heavy atom. The Hall–Kier alpha value is -4.02. The molecule has 0 spiro atoms. The van der Waals surface area contributed by atoms with Crippen molar-refractivity contribution in [3.63, 3.8) is 0 Å². The molecule has 6 rings (SSSR count). The third kappa shape index (κ3) is 6.10. The number of anilines is 1. The zero-order valence-corrected chi connectivity index (χ0v) is 24.4. The van der Waals surface area contributed by atoms with E-state index in [1.807, 2.05) is 26.0 Å². The zero-order chi connectivity index (χ0) is 30.0. The molecular weight excluding hydrogens is 554 g/mol. The number of aryl methyl sites for hydroxylation is 2. The van der Waals surface area contributed by atoms with E-state index in [0.29, 0.717) is 29.7 Å². The van der Waals surface area contributed by atoms with E-state index in [9.17, 15) is 27.9 Å². The van der Waals surface area contributed by atoms with Crippen molar-refractivity contribution < 1.29 is 27.9 Å². The lowest BCUT2D eigenvalue weighted by atomic mass is 9.76. The first-order chi connectivity index (χ1) is 20.0. The van der Waals surface area contributed by atoms with Crippen molar-refractivity contribution in [1.82, 2.24) is 9.62 Å². The Bertz CT molecular complexity index is 1580. The minimum Gasteiger partial charge on any atom is -0.480 e. The summed E-state index contributed by atoms with van der Waals surface area (Å²) in [6, 6.07) is 18.0. The van der Waals surface area contributed by atoms with Crippen LogP contribution in [0.2, 0.25) is 0 Å². The summed E-state index contributed by atoms with van der Waals surface area (Å²) in [5.41, 5.74) is 3.53. The van der Waals surface area contributed by atoms with E-state index >= 15 is 0 Å². The summed E-state index contributed by atoms with van der Waals surface area (Å²) in [6.45, 7) is 3.73. The summed E-state index contributed by atoms with van der Waals surface area (Å²) in [5.74, 6) is -2.23. The number of amides is 2. The van der Waals surface area contributed by atoms with Crippen LogP contribution in [0.5, 0.6) is 0 Å². The lowest BCUT2D eigenvalue weighted by Crippen LogP contribution is -2.63. The minimum atomic E-state index is -3.97. The molecule has 3 aliphatic rings. The molecule has 2 heterocycles. The number of hydrogen-bond donors (Lipinski definition) is 3. The number of carbonyl (C=O) groups excluding carboxylic acids is 2. The number of nitrogens with one attached hydrogen (secondary N) is 2. The maximum atomic E-state index is 13.7. The molecular formula is C32H35N3O6S. The molecule has 3 N–H and O–H groups in total. The third-order valence-electron chi connectivity index (χ3n) is 8.34. The molecule has 2 aliphatic heterocycles. The van der Waals surface area contributed by atoms with Gasteiger partial charge in [0, 0.05) is 23.7 Å². The van der Waals surface area contributed by atoms with Crippen LogP contribution in [0.25, 0.3) is 0 Å². The molecule has 0 aromatic heterocycles. The van der Waals surface area contributed by atoms with Crippen molar-refractivity contribution in [2.24, 2.45) is 5.92 Å². The van der Waals surface area contributed by atoms with Gasteiger partial charge in [0.05, 0.1) is 4.90 Å². The molecule has 3 aromatic carbocycles. The number of carboxylic acid groups (broad SMARTS) is 1. The van der Waals surface area contributed by atoms with Gasteiger partial charge in [-0.15, -0.1) is 0 Å². The van der Waals surface area contributed by atoms with Gasteiger partial charge in [-0.3, -0.25) is 9.59 Å². The van der Waals surface area contributed by atoms with Gasteiger partial charge in [-0.1, -0.05) is 48.0 Å². The van der Waals surface area contributed by atoms with Gasteiger partial charge < -0.3 is 15.7 Å². The summed E-state index contributed by atoms with van der Waals surface area (Å²) >= 11 is 0. The molecule has 3 fully saturated rings. The van der Waals surface area contributed by atoms with E-state index in [0.717, 1.165) is 24.0 Å². The predicted molar refractivity (Wildman–Crippen MR) is 159 cm³/mol. The number of nitrogens with zero attached hydrogens (tertiary/aromatic N) is 1. The third-order valence-corrected chi connectivity index (χ3v) is 10.3. The fraction of sp³-hybridized carbons (Fsp3) is 0.344. The van der Waals surface area contributed by atoms with Crippen LogP contribution in [-0.4, -0.2) is 53.7 Å². The average molecular weight is 590 g/mol. The van der Waals surface area contributed by atoms with Crippen molar-refractivity contribution in [2.75, 3.05) is 5.32 Å². The second kappa shape index (κ2) is 12.1. The van der Waals surface area contributed by atoms with Crippen LogP contribution < -0.4 is 10.6 Å². The number of carboxylic acids is 1. The van der Waals surface area contributed by atoms with Crippen molar-refractivity contribution in [1.29, 1.82) is 0 Å². The summed E-state index contributed by atoms with van der Waals surface area (Å²) in [6.07, 6.45) is 2.79. The molecule has 3 aromatic rings. The number of rotatable bonds is 9. The Morgan fingerprint density at radius 1 is 0.905 bits per heavy atom. The molecule has 2 unspecified atom stereocenters. The summed E-state index contributed by atoms with van der Waals surface area (Å²) in [4.78, 5) is 38.6. The Labute approximate surface area is 246 Å². The highest BCUT2D eigenvalue weighted by molar-refractivity contribution is 7.89. The van der Waals surface area contributed by atoms with Crippen molar-refractivity contribution in [2.45, 2.75) is 69.0 Å². The van der Waals surface area contributed by atoms with Gasteiger partial charge in [0.25, 0.3) is 5.91 Å². The van der Waals surface area contributed by atoms with Crippen molar-refractivity contribution in [3.8, 4) is 0 Å². The summed E-state index contributed by atoms with van der Waals surface area (Å²) in [5, 5.41) is 15.4. The number of fused-ring (bicyclic) bond motifs is 3. The molecule has 0 radical (unpaired) electrons. The standard InChI is InChI=1S/C32H35N3O6S/c1-20-7-17-26(18-8-20)42(40,41)35-25-15-11-23(12-16-25)29(35)31(37)34-28(32(38)39)19-22-9-13-24(14-10-22)33-30(36)27-6-4-3-5-21(27)2/h3-10,13-14,17-18,23,25,28-29H,11-12,15-16,19H2,1-2H3,(H,33,36)(H,34,37)(H,38,39). The fourth-order valence-electron chi connectivity index (χ4n) is 6.06. The van der Waals surface area contributed by atoms with Gasteiger partial charge in [0.15, 0.2) is 0 Å². The molecule has 42 heavy (non-hydrogen) atoms. The van der Waals surface area contributed by atoms with Crippen LogP contribution in [0, 0.1) is 19.8 Å². The number of piperidine rings is 2. The molecule has 220 valence electrons. The molecule has 1 saturated carbocycles. The van der Waals surface area contributed by atoms with Gasteiger partial charge in [-0.05, 0) is 86.9 Å². The smallest absolute Gasteiger partial charge is 0.326 e. The fourth-order valence-corrected chi connectivity index (χ4v) is 7.95. The average Bonchev–Trinajstić information content (AvgIpc) is 2.98. The van der Waals surface area contributed by atoms with Gasteiger partial charge >= 0.3 is 5.97 Å². The topological polar surface area (TPSA) is 133 Å². The lowest BCUT2D eigenvalue weighted by Gasteiger charge is -2.49. The van der Waals surface area contributed by atoms with E-state index < -0.39 is 34.0 Å². The first kappa shape index (κ1) is 29.5. The quantitative estimate of drug-likeness (QED) is 0.341. The second-order valence-electron chi connectivity index (χ2n) is 11.2. The predicted octanol–water partition coefficient (Wildman–Crippen LogP) is 4.30. The highest BCUT2D eigenvalue weighted by atomic mass is 32.2. The highest BCUT2D eigenvalue weighted by Gasteiger charge is 2.51. The van der Waals surface area contributed by atoms with Crippen LogP contribution in [0.1, 0.15) is 52.7 Å². The number of sulfonamides is 1. The zero-order valence-electron chi connectivity index (χ0n) is 23.6. The number of carbonyl (C=O) groups is 3. The van der Waals surface area contributed by atoms with E-state index in [-0.39, 0.29) is 29.2 Å². The Morgan fingerprint density at radius 2 is 1.55 bits per heavy atom. The van der Waals surface area contributed by atoms with Gasteiger partial charge in [-0.25, -0.2) is 13.2 Å². The summed E-state index contributed by atoms with van der Waals surface area (Å²) < 4.78 is 28.8. The highest BCUT2D eigenvalue weighted by Crippen LogP contribution is 2.42. The van der Waals surface area contributed by atoms with Crippen LogP contribution in [-0.2, 0) is 26.0 Å². The van der Waals surface area contributed by atoms with Crippen molar-refractivity contribution in [3.05, 3.63) is 95.1 Å². The van der Waals surface area contributed by atoms with Gasteiger partial charge in [-0.2, -0.15) is 4.31 Å². The molecule has 2 amide bonds. The Kier molecular flexibility index (Phi) is 8.47. The molecule has 2 atom stereocenters. The molecule has 1 aliphatic carbocycles. The normalized spacial score (nSPS) is 21.0. The Balaban J connectivity index is 1.30. The lowest BCUT2D eigenvalue weighted by molar-refractivity contribution is -0.143. The van der Waals surface area contributed by atoms with Crippen molar-refractivity contribution >= 4 is 33.5 Å². The largest absolute Gasteiger partial charge is 0.480 e. The first-order valence-electron chi connectivity index (χ1n) is 14.1. The molecule has 9 nitrogen and oxygen atoms in total.